The summed E-state index contributed by atoms with van der Waals surface area (Å²) in [6.45, 7) is 0.969. The summed E-state index contributed by atoms with van der Waals surface area (Å²) in [5, 5.41) is 0. The van der Waals surface area contributed by atoms with Gasteiger partial charge in [-0.25, -0.2) is 13.1 Å². The Kier molecular flexibility index (Phi) is 5.51. The van der Waals surface area contributed by atoms with Gasteiger partial charge in [0.05, 0.1) is 4.90 Å². The zero-order valence-electron chi connectivity index (χ0n) is 15.9. The van der Waals surface area contributed by atoms with E-state index in [4.69, 9.17) is 0 Å². The number of carbonyl (C=O) groups is 1. The Hall–Kier alpha value is -2.18. The van der Waals surface area contributed by atoms with Gasteiger partial charge in [-0.05, 0) is 42.0 Å². The largest absolute Gasteiger partial charge is 0.339 e. The number of rotatable bonds is 6. The van der Waals surface area contributed by atoms with Crippen LogP contribution in [0.3, 0.4) is 0 Å². The van der Waals surface area contributed by atoms with Crippen LogP contribution in [0.15, 0.2) is 59.5 Å². The Labute approximate surface area is 166 Å². The highest BCUT2D eigenvalue weighted by Gasteiger charge is 2.35. The quantitative estimate of drug-likeness (QED) is 0.811. The van der Waals surface area contributed by atoms with Crippen LogP contribution in [-0.4, -0.2) is 38.4 Å². The minimum atomic E-state index is -3.58. The van der Waals surface area contributed by atoms with Gasteiger partial charge in [-0.15, -0.1) is 0 Å². The normalized spacial score (nSPS) is 20.8. The molecule has 6 heteroatoms. The molecule has 0 bridgehead atoms. The molecule has 1 N–H and O–H groups in total. The number of carbonyl (C=O) groups excluding carboxylic acids is 1. The van der Waals surface area contributed by atoms with E-state index >= 15 is 0 Å². The van der Waals surface area contributed by atoms with Crippen molar-refractivity contribution in [3.8, 4) is 11.1 Å². The zero-order chi connectivity index (χ0) is 19.6. The fourth-order valence-corrected chi connectivity index (χ4v) is 5.40. The first-order valence-electron chi connectivity index (χ1n) is 9.97. The van der Waals surface area contributed by atoms with Gasteiger partial charge in [0.2, 0.25) is 15.9 Å². The van der Waals surface area contributed by atoms with Crippen molar-refractivity contribution in [2.24, 2.45) is 5.92 Å². The van der Waals surface area contributed by atoms with Crippen LogP contribution in [0.1, 0.15) is 32.1 Å². The summed E-state index contributed by atoms with van der Waals surface area (Å²) in [6.07, 6.45) is 4.97. The maximum Gasteiger partial charge on any atom is 0.240 e. The summed E-state index contributed by atoms with van der Waals surface area (Å²) in [5.41, 5.74) is 2.03. The summed E-state index contributed by atoms with van der Waals surface area (Å²) in [5.74, 6) is 0.217. The van der Waals surface area contributed by atoms with Crippen LogP contribution in [-0.2, 0) is 14.8 Å². The molecule has 1 atom stereocenters. The van der Waals surface area contributed by atoms with Gasteiger partial charge in [-0.3, -0.25) is 4.79 Å². The van der Waals surface area contributed by atoms with E-state index in [0.29, 0.717) is 25.6 Å². The average molecular weight is 399 g/mol. The molecule has 1 heterocycles. The average Bonchev–Trinajstić information content (AvgIpc) is 3.37. The molecular formula is C22H26N2O3S. The lowest BCUT2D eigenvalue weighted by molar-refractivity contribution is -0.129. The second-order valence-corrected chi connectivity index (χ2v) is 9.56. The lowest BCUT2D eigenvalue weighted by Crippen LogP contribution is -2.36. The number of hydrogen-bond donors (Lipinski definition) is 1. The monoisotopic (exact) mass is 398 g/mol. The fraction of sp³-hybridized carbons (Fsp3) is 0.409. The molecule has 28 heavy (non-hydrogen) atoms. The number of hydrogen-bond acceptors (Lipinski definition) is 3. The molecule has 0 aromatic heterocycles. The van der Waals surface area contributed by atoms with E-state index in [9.17, 15) is 13.2 Å². The number of likely N-dealkylation sites (tertiary alicyclic amines) is 1. The molecule has 2 aromatic carbocycles. The second-order valence-electron chi connectivity index (χ2n) is 7.80. The summed E-state index contributed by atoms with van der Waals surface area (Å²) < 4.78 is 28.0. The molecule has 1 amide bonds. The van der Waals surface area contributed by atoms with Gasteiger partial charge >= 0.3 is 0 Å². The van der Waals surface area contributed by atoms with Crippen LogP contribution in [0.2, 0.25) is 0 Å². The first-order chi connectivity index (χ1) is 13.5. The number of nitrogens with zero attached hydrogens (tertiary/aromatic N) is 1. The SMILES string of the molecule is O=C1C[C@@H](CNS(=O)(=O)c2ccc(-c3ccccc3)cc2)CN1C1CCCC1. The molecule has 0 unspecified atom stereocenters. The highest BCUT2D eigenvalue weighted by Crippen LogP contribution is 2.29. The molecule has 2 fully saturated rings. The highest BCUT2D eigenvalue weighted by atomic mass is 32.2. The van der Waals surface area contributed by atoms with Crippen LogP contribution in [0.25, 0.3) is 11.1 Å². The predicted molar refractivity (Wildman–Crippen MR) is 109 cm³/mol. The third-order valence-electron chi connectivity index (χ3n) is 5.84. The number of benzene rings is 2. The smallest absolute Gasteiger partial charge is 0.240 e. The molecule has 2 aliphatic rings. The summed E-state index contributed by atoms with van der Waals surface area (Å²) in [4.78, 5) is 14.5. The number of amides is 1. The topological polar surface area (TPSA) is 66.5 Å². The van der Waals surface area contributed by atoms with Crippen molar-refractivity contribution in [3.63, 3.8) is 0 Å². The number of sulfonamides is 1. The van der Waals surface area contributed by atoms with Crippen LogP contribution < -0.4 is 4.72 Å². The van der Waals surface area contributed by atoms with E-state index in [1.165, 1.54) is 12.8 Å². The highest BCUT2D eigenvalue weighted by molar-refractivity contribution is 7.89. The third-order valence-corrected chi connectivity index (χ3v) is 7.28. The van der Waals surface area contributed by atoms with Crippen molar-refractivity contribution in [1.82, 2.24) is 9.62 Å². The molecular weight excluding hydrogens is 372 g/mol. The molecule has 1 saturated heterocycles. The van der Waals surface area contributed by atoms with Gasteiger partial charge in [0, 0.05) is 25.6 Å². The van der Waals surface area contributed by atoms with Crippen molar-refractivity contribution in [3.05, 3.63) is 54.6 Å². The van der Waals surface area contributed by atoms with Crippen molar-refractivity contribution < 1.29 is 13.2 Å². The minimum absolute atomic E-state index is 0.0477. The summed E-state index contributed by atoms with van der Waals surface area (Å²) in [6, 6.07) is 17.1. The molecule has 1 aliphatic heterocycles. The molecule has 1 saturated carbocycles. The Morgan fingerprint density at radius 3 is 2.25 bits per heavy atom. The van der Waals surface area contributed by atoms with Crippen LogP contribution in [0.4, 0.5) is 0 Å². The van der Waals surface area contributed by atoms with Crippen LogP contribution in [0, 0.1) is 5.92 Å². The van der Waals surface area contributed by atoms with E-state index < -0.39 is 10.0 Å². The lowest BCUT2D eigenvalue weighted by atomic mass is 10.1. The van der Waals surface area contributed by atoms with Gasteiger partial charge in [0.25, 0.3) is 0 Å². The molecule has 4 rings (SSSR count). The molecule has 1 aliphatic carbocycles. The van der Waals surface area contributed by atoms with Gasteiger partial charge in [0.15, 0.2) is 0 Å². The standard InChI is InChI=1S/C22H26N2O3S/c25-22-14-17(16-24(22)20-8-4-5-9-20)15-23-28(26,27)21-12-10-19(11-13-21)18-6-2-1-3-7-18/h1-3,6-7,10-13,17,20,23H,4-5,8-9,14-16H2/t17-/m0/s1. The van der Waals surface area contributed by atoms with Gasteiger partial charge in [-0.2, -0.15) is 0 Å². The maximum atomic E-state index is 12.6. The number of nitrogens with one attached hydrogen (secondary N) is 1. The van der Waals surface area contributed by atoms with E-state index in [1.807, 2.05) is 47.4 Å². The van der Waals surface area contributed by atoms with E-state index in [1.54, 1.807) is 12.1 Å². The first-order valence-corrected chi connectivity index (χ1v) is 11.5. The molecule has 0 radical (unpaired) electrons. The fourth-order valence-electron chi connectivity index (χ4n) is 4.28. The zero-order valence-corrected chi connectivity index (χ0v) is 16.7. The lowest BCUT2D eigenvalue weighted by Gasteiger charge is -2.24. The molecule has 148 valence electrons. The Morgan fingerprint density at radius 1 is 0.929 bits per heavy atom. The second kappa shape index (κ2) is 8.05. The van der Waals surface area contributed by atoms with Crippen molar-refractivity contribution in [2.45, 2.75) is 43.0 Å². The summed E-state index contributed by atoms with van der Waals surface area (Å²) in [7, 11) is -3.58. The van der Waals surface area contributed by atoms with Crippen LogP contribution >= 0.6 is 0 Å². The van der Waals surface area contributed by atoms with Crippen LogP contribution in [0.5, 0.6) is 0 Å². The van der Waals surface area contributed by atoms with E-state index in [-0.39, 0.29) is 16.7 Å². The third kappa shape index (κ3) is 4.13. The predicted octanol–water partition coefficient (Wildman–Crippen LogP) is 3.42. The minimum Gasteiger partial charge on any atom is -0.339 e. The van der Waals surface area contributed by atoms with Gasteiger partial charge in [0.1, 0.15) is 0 Å². The van der Waals surface area contributed by atoms with E-state index in [0.717, 1.165) is 24.0 Å². The van der Waals surface area contributed by atoms with Crippen molar-refractivity contribution >= 4 is 15.9 Å². The molecule has 5 nitrogen and oxygen atoms in total. The first kappa shape index (κ1) is 19.2. The Morgan fingerprint density at radius 2 is 1.57 bits per heavy atom. The van der Waals surface area contributed by atoms with Crippen molar-refractivity contribution in [2.75, 3.05) is 13.1 Å². The summed E-state index contributed by atoms with van der Waals surface area (Å²) >= 11 is 0. The van der Waals surface area contributed by atoms with Gasteiger partial charge < -0.3 is 4.90 Å². The molecule has 2 aromatic rings. The maximum absolute atomic E-state index is 12.6. The van der Waals surface area contributed by atoms with E-state index in [2.05, 4.69) is 4.72 Å². The Balaban J connectivity index is 1.37. The van der Waals surface area contributed by atoms with Crippen molar-refractivity contribution in [1.29, 1.82) is 0 Å². The molecule has 0 spiro atoms. The Bertz CT molecular complexity index is 920. The van der Waals surface area contributed by atoms with Gasteiger partial charge in [-0.1, -0.05) is 55.3 Å².